The fourth-order valence-electron chi connectivity index (χ4n) is 1.55. The van der Waals surface area contributed by atoms with Crippen LogP contribution in [0.15, 0.2) is 34.1 Å². The third-order valence-corrected chi connectivity index (χ3v) is 5.17. The Labute approximate surface area is 121 Å². The van der Waals surface area contributed by atoms with E-state index in [1.807, 2.05) is 18.2 Å². The van der Waals surface area contributed by atoms with Crippen LogP contribution in [0.5, 0.6) is 0 Å². The topological polar surface area (TPSA) is 0 Å². The van der Waals surface area contributed by atoms with Crippen molar-refractivity contribution in [3.05, 3.63) is 55.1 Å². The van der Waals surface area contributed by atoms with Crippen molar-refractivity contribution in [3.8, 4) is 0 Å². The van der Waals surface area contributed by atoms with Crippen molar-refractivity contribution in [3.63, 3.8) is 0 Å². The van der Waals surface area contributed by atoms with Gasteiger partial charge in [0.25, 0.3) is 0 Å². The number of halogens is 3. The number of rotatable bonds is 2. The van der Waals surface area contributed by atoms with Crippen LogP contribution < -0.4 is 0 Å². The molecule has 1 heterocycles. The maximum atomic E-state index is 5.99. The standard InChI is InChI=1S/C12H9Br2ClS/c1-7-10(6-11(13)16-7)12(14)8-3-2-4-9(15)5-8/h2-6,12H,1H3. The first kappa shape index (κ1) is 12.6. The zero-order valence-electron chi connectivity index (χ0n) is 8.51. The Bertz CT molecular complexity index is 507. The lowest BCUT2D eigenvalue weighted by molar-refractivity contribution is 1.17. The number of alkyl halides is 1. The Kier molecular flexibility index (Phi) is 4.11. The van der Waals surface area contributed by atoms with E-state index in [0.29, 0.717) is 0 Å². The van der Waals surface area contributed by atoms with E-state index in [-0.39, 0.29) is 4.83 Å². The van der Waals surface area contributed by atoms with Gasteiger partial charge in [0.15, 0.2) is 0 Å². The van der Waals surface area contributed by atoms with E-state index in [9.17, 15) is 0 Å². The molecule has 0 saturated carbocycles. The van der Waals surface area contributed by atoms with Crippen LogP contribution in [0.4, 0.5) is 0 Å². The van der Waals surface area contributed by atoms with Crippen molar-refractivity contribution >= 4 is 54.8 Å². The summed E-state index contributed by atoms with van der Waals surface area (Å²) in [4.78, 5) is 1.52. The molecule has 0 radical (unpaired) electrons. The van der Waals surface area contributed by atoms with E-state index >= 15 is 0 Å². The highest BCUT2D eigenvalue weighted by Gasteiger charge is 2.15. The quantitative estimate of drug-likeness (QED) is 0.564. The largest absolute Gasteiger partial charge is 0.133 e. The van der Waals surface area contributed by atoms with Gasteiger partial charge in [0.05, 0.1) is 8.61 Å². The summed E-state index contributed by atoms with van der Waals surface area (Å²) in [6.07, 6.45) is 0. The zero-order chi connectivity index (χ0) is 11.7. The molecule has 84 valence electrons. The lowest BCUT2D eigenvalue weighted by Crippen LogP contribution is -1.92. The van der Waals surface area contributed by atoms with Crippen LogP contribution in [-0.4, -0.2) is 0 Å². The van der Waals surface area contributed by atoms with E-state index in [0.717, 1.165) is 8.81 Å². The molecule has 0 spiro atoms. The van der Waals surface area contributed by atoms with Crippen LogP contribution in [0, 0.1) is 6.92 Å². The molecular formula is C12H9Br2ClS. The molecular weight excluding hydrogens is 371 g/mol. The molecule has 0 aliphatic rings. The average molecular weight is 381 g/mol. The fraction of sp³-hybridized carbons (Fsp3) is 0.167. The molecule has 1 aromatic heterocycles. The van der Waals surface area contributed by atoms with Crippen molar-refractivity contribution in [1.82, 2.24) is 0 Å². The van der Waals surface area contributed by atoms with Gasteiger partial charge in [-0.05, 0) is 52.2 Å². The van der Waals surface area contributed by atoms with Gasteiger partial charge in [-0.25, -0.2) is 0 Å². The van der Waals surface area contributed by atoms with Crippen LogP contribution in [0.3, 0.4) is 0 Å². The van der Waals surface area contributed by atoms with E-state index in [1.165, 1.54) is 16.0 Å². The summed E-state index contributed by atoms with van der Waals surface area (Å²) in [5.74, 6) is 0. The highest BCUT2D eigenvalue weighted by molar-refractivity contribution is 9.11. The van der Waals surface area contributed by atoms with Crippen LogP contribution in [-0.2, 0) is 0 Å². The predicted octanol–water partition coefficient (Wildman–Crippen LogP) is 5.96. The number of benzene rings is 1. The summed E-state index contributed by atoms with van der Waals surface area (Å²) in [5, 5.41) is 0.772. The molecule has 1 aromatic carbocycles. The van der Waals surface area contributed by atoms with Crippen molar-refractivity contribution in [2.75, 3.05) is 0 Å². The van der Waals surface area contributed by atoms with Crippen molar-refractivity contribution in [1.29, 1.82) is 0 Å². The summed E-state index contributed by atoms with van der Waals surface area (Å²) < 4.78 is 1.16. The maximum absolute atomic E-state index is 5.99. The molecule has 0 nitrogen and oxygen atoms in total. The Morgan fingerprint density at radius 1 is 1.31 bits per heavy atom. The Morgan fingerprint density at radius 2 is 2.06 bits per heavy atom. The molecule has 2 aromatic rings. The van der Waals surface area contributed by atoms with Crippen molar-refractivity contribution < 1.29 is 0 Å². The second-order valence-electron chi connectivity index (χ2n) is 3.48. The number of aryl methyl sites for hydroxylation is 1. The van der Waals surface area contributed by atoms with Gasteiger partial charge < -0.3 is 0 Å². The normalized spacial score (nSPS) is 12.8. The minimum absolute atomic E-state index is 0.203. The van der Waals surface area contributed by atoms with E-state index in [4.69, 9.17) is 11.6 Å². The summed E-state index contributed by atoms with van der Waals surface area (Å²) in [6, 6.07) is 10.1. The van der Waals surface area contributed by atoms with Gasteiger partial charge in [0.2, 0.25) is 0 Å². The summed E-state index contributed by atoms with van der Waals surface area (Å²) >= 11 is 15.0. The minimum atomic E-state index is 0.203. The van der Waals surface area contributed by atoms with E-state index in [1.54, 1.807) is 11.3 Å². The summed E-state index contributed by atoms with van der Waals surface area (Å²) in [6.45, 7) is 2.13. The molecule has 4 heteroatoms. The number of thiophene rings is 1. The molecule has 2 rings (SSSR count). The first-order valence-electron chi connectivity index (χ1n) is 4.73. The van der Waals surface area contributed by atoms with Gasteiger partial charge in [-0.3, -0.25) is 0 Å². The van der Waals surface area contributed by atoms with Gasteiger partial charge in [-0.2, -0.15) is 0 Å². The van der Waals surface area contributed by atoms with E-state index < -0.39 is 0 Å². The van der Waals surface area contributed by atoms with Gasteiger partial charge >= 0.3 is 0 Å². The molecule has 0 aliphatic carbocycles. The molecule has 0 bridgehead atoms. The zero-order valence-corrected chi connectivity index (χ0v) is 13.3. The monoisotopic (exact) mass is 378 g/mol. The van der Waals surface area contributed by atoms with Gasteiger partial charge in [-0.15, -0.1) is 11.3 Å². The van der Waals surface area contributed by atoms with Crippen molar-refractivity contribution in [2.45, 2.75) is 11.8 Å². The highest BCUT2D eigenvalue weighted by Crippen LogP contribution is 2.38. The van der Waals surface area contributed by atoms with Crippen LogP contribution in [0.2, 0.25) is 5.02 Å². The van der Waals surface area contributed by atoms with E-state index in [2.05, 4.69) is 50.9 Å². The summed E-state index contributed by atoms with van der Waals surface area (Å²) in [7, 11) is 0. The lowest BCUT2D eigenvalue weighted by Gasteiger charge is -2.10. The third kappa shape index (κ3) is 2.70. The van der Waals surface area contributed by atoms with Crippen LogP contribution in [0.1, 0.15) is 20.8 Å². The molecule has 0 N–H and O–H groups in total. The first-order valence-corrected chi connectivity index (χ1v) is 7.63. The van der Waals surface area contributed by atoms with Gasteiger partial charge in [-0.1, -0.05) is 39.7 Å². The molecule has 0 fully saturated rings. The first-order chi connectivity index (χ1) is 7.58. The molecule has 0 saturated heterocycles. The highest BCUT2D eigenvalue weighted by atomic mass is 79.9. The Balaban J connectivity index is 2.38. The molecule has 16 heavy (non-hydrogen) atoms. The summed E-state index contributed by atoms with van der Waals surface area (Å²) in [5.41, 5.74) is 2.47. The second kappa shape index (κ2) is 5.21. The van der Waals surface area contributed by atoms with Gasteiger partial charge in [0, 0.05) is 9.90 Å². The number of hydrogen-bond acceptors (Lipinski definition) is 1. The molecule has 1 atom stereocenters. The maximum Gasteiger partial charge on any atom is 0.0704 e. The number of hydrogen-bond donors (Lipinski definition) is 0. The molecule has 1 unspecified atom stereocenters. The lowest BCUT2D eigenvalue weighted by atomic mass is 10.1. The Morgan fingerprint density at radius 3 is 2.62 bits per heavy atom. The Hall–Kier alpha value is 0.170. The molecule has 0 aliphatic heterocycles. The van der Waals surface area contributed by atoms with Crippen LogP contribution >= 0.6 is 54.8 Å². The average Bonchev–Trinajstić information content (AvgIpc) is 2.57. The smallest absolute Gasteiger partial charge is 0.0704 e. The molecule has 0 amide bonds. The van der Waals surface area contributed by atoms with Gasteiger partial charge in [0.1, 0.15) is 0 Å². The SMILES string of the molecule is Cc1sc(Br)cc1C(Br)c1cccc(Cl)c1. The van der Waals surface area contributed by atoms with Crippen LogP contribution in [0.25, 0.3) is 0 Å². The third-order valence-electron chi connectivity index (χ3n) is 2.34. The predicted molar refractivity (Wildman–Crippen MR) is 79.0 cm³/mol. The second-order valence-corrected chi connectivity index (χ2v) is 7.47. The minimum Gasteiger partial charge on any atom is -0.133 e. The van der Waals surface area contributed by atoms with Crippen molar-refractivity contribution in [2.24, 2.45) is 0 Å². The fourth-order valence-corrected chi connectivity index (χ4v) is 4.41.